The van der Waals surface area contributed by atoms with Crippen molar-refractivity contribution < 1.29 is 4.79 Å². The highest BCUT2D eigenvalue weighted by Gasteiger charge is 1.94. The molecule has 0 spiro atoms. The van der Waals surface area contributed by atoms with Gasteiger partial charge in [-0.15, -0.1) is 0 Å². The Labute approximate surface area is 101 Å². The van der Waals surface area contributed by atoms with Crippen LogP contribution in [-0.2, 0) is 4.79 Å². The van der Waals surface area contributed by atoms with E-state index < -0.39 is 0 Å². The molecule has 0 saturated heterocycles. The third-order valence-electron chi connectivity index (χ3n) is 2.66. The maximum absolute atomic E-state index is 11.1. The zero-order chi connectivity index (χ0) is 12.2. The number of nitrogens with one attached hydrogen (secondary N) is 1. The minimum absolute atomic E-state index is 0.202. The van der Waals surface area contributed by atoms with E-state index in [1.807, 2.05) is 13.8 Å². The fourth-order valence-corrected chi connectivity index (χ4v) is 1.59. The van der Waals surface area contributed by atoms with E-state index in [0.717, 1.165) is 12.2 Å². The van der Waals surface area contributed by atoms with Gasteiger partial charge >= 0.3 is 0 Å². The maximum Gasteiger partial charge on any atom is 0.157 e. The Morgan fingerprint density at radius 2 is 1.69 bits per heavy atom. The van der Waals surface area contributed by atoms with Gasteiger partial charge in [-0.2, -0.15) is 0 Å². The van der Waals surface area contributed by atoms with Crippen molar-refractivity contribution in [3.05, 3.63) is 11.8 Å². The van der Waals surface area contributed by atoms with Crippen LogP contribution < -0.4 is 5.32 Å². The van der Waals surface area contributed by atoms with Crippen molar-refractivity contribution in [2.75, 3.05) is 6.54 Å². The summed E-state index contributed by atoms with van der Waals surface area (Å²) >= 11 is 0. The van der Waals surface area contributed by atoms with Crippen LogP contribution in [0.25, 0.3) is 0 Å². The Balaban J connectivity index is 3.37. The van der Waals surface area contributed by atoms with E-state index in [9.17, 15) is 4.79 Å². The molecule has 0 rings (SSSR count). The van der Waals surface area contributed by atoms with Crippen LogP contribution in [0, 0.1) is 0 Å². The lowest BCUT2D eigenvalue weighted by atomic mass is 10.1. The van der Waals surface area contributed by atoms with E-state index in [1.54, 1.807) is 6.08 Å². The van der Waals surface area contributed by atoms with Crippen molar-refractivity contribution in [2.24, 2.45) is 0 Å². The summed E-state index contributed by atoms with van der Waals surface area (Å²) in [4.78, 5) is 11.1. The predicted octanol–water partition coefficient (Wildman–Crippen LogP) is 3.82. The SMILES string of the molecule is CCCCCCCCNC(C)=CC(=O)CC. The van der Waals surface area contributed by atoms with E-state index in [2.05, 4.69) is 12.2 Å². The summed E-state index contributed by atoms with van der Waals surface area (Å²) in [6.45, 7) is 7.08. The molecule has 0 heterocycles. The highest BCUT2D eigenvalue weighted by atomic mass is 16.1. The number of rotatable bonds is 10. The molecule has 1 N–H and O–H groups in total. The van der Waals surface area contributed by atoms with Crippen LogP contribution >= 0.6 is 0 Å². The third kappa shape index (κ3) is 9.75. The number of hydrogen-bond acceptors (Lipinski definition) is 2. The first-order chi connectivity index (χ1) is 7.70. The zero-order valence-electron chi connectivity index (χ0n) is 11.1. The van der Waals surface area contributed by atoms with Crippen LogP contribution in [0.1, 0.15) is 65.7 Å². The van der Waals surface area contributed by atoms with Crippen LogP contribution in [0.4, 0.5) is 0 Å². The number of carbonyl (C=O) groups excluding carboxylic acids is 1. The molecule has 0 aliphatic rings. The van der Waals surface area contributed by atoms with Crippen LogP contribution in [0.2, 0.25) is 0 Å². The van der Waals surface area contributed by atoms with Gasteiger partial charge in [0.05, 0.1) is 0 Å². The van der Waals surface area contributed by atoms with Gasteiger partial charge in [-0.05, 0) is 19.4 Å². The first-order valence-electron chi connectivity index (χ1n) is 6.65. The fourth-order valence-electron chi connectivity index (χ4n) is 1.59. The second-order valence-electron chi connectivity index (χ2n) is 4.34. The van der Waals surface area contributed by atoms with Crippen molar-refractivity contribution in [2.45, 2.75) is 65.7 Å². The number of ketones is 1. The molecule has 0 atom stereocenters. The van der Waals surface area contributed by atoms with E-state index in [1.165, 1.54) is 38.5 Å². The van der Waals surface area contributed by atoms with Crippen LogP contribution in [0.15, 0.2) is 11.8 Å². The van der Waals surface area contributed by atoms with E-state index in [-0.39, 0.29) is 5.78 Å². The van der Waals surface area contributed by atoms with Crippen LogP contribution in [0.5, 0.6) is 0 Å². The highest BCUT2D eigenvalue weighted by molar-refractivity contribution is 5.89. The van der Waals surface area contributed by atoms with Crippen molar-refractivity contribution >= 4 is 5.78 Å². The molecule has 0 aromatic rings. The molecule has 2 heteroatoms. The van der Waals surface area contributed by atoms with Crippen LogP contribution in [-0.4, -0.2) is 12.3 Å². The van der Waals surface area contributed by atoms with Gasteiger partial charge in [-0.1, -0.05) is 46.0 Å². The molecule has 0 aliphatic carbocycles. The molecule has 0 aromatic carbocycles. The summed E-state index contributed by atoms with van der Waals surface area (Å²) < 4.78 is 0. The van der Waals surface area contributed by atoms with Crippen molar-refractivity contribution in [1.29, 1.82) is 0 Å². The minimum atomic E-state index is 0.202. The molecule has 0 amide bonds. The molecule has 0 saturated carbocycles. The van der Waals surface area contributed by atoms with Crippen LogP contribution in [0.3, 0.4) is 0 Å². The van der Waals surface area contributed by atoms with Crippen molar-refractivity contribution in [1.82, 2.24) is 5.32 Å². The van der Waals surface area contributed by atoms with Gasteiger partial charge in [0, 0.05) is 18.7 Å². The predicted molar refractivity (Wildman–Crippen MR) is 70.4 cm³/mol. The maximum atomic E-state index is 11.1. The summed E-state index contributed by atoms with van der Waals surface area (Å²) in [7, 11) is 0. The molecule has 0 aromatic heterocycles. The first kappa shape index (κ1) is 15.2. The van der Waals surface area contributed by atoms with Gasteiger partial charge in [0.2, 0.25) is 0 Å². The summed E-state index contributed by atoms with van der Waals surface area (Å²) in [6.07, 6.45) is 10.2. The molecule has 94 valence electrons. The number of allylic oxidation sites excluding steroid dienone is 2. The van der Waals surface area contributed by atoms with Crippen molar-refractivity contribution in [3.63, 3.8) is 0 Å². The first-order valence-corrected chi connectivity index (χ1v) is 6.65. The average Bonchev–Trinajstić information content (AvgIpc) is 2.27. The minimum Gasteiger partial charge on any atom is -0.388 e. The topological polar surface area (TPSA) is 29.1 Å². The van der Waals surface area contributed by atoms with Gasteiger partial charge in [-0.3, -0.25) is 4.79 Å². The summed E-state index contributed by atoms with van der Waals surface area (Å²) in [5, 5.41) is 3.28. The summed E-state index contributed by atoms with van der Waals surface area (Å²) in [5.74, 6) is 0.202. The Morgan fingerprint density at radius 1 is 1.06 bits per heavy atom. The Kier molecular flexibility index (Phi) is 10.2. The molecule has 0 radical (unpaired) electrons. The Bertz CT molecular complexity index is 209. The summed E-state index contributed by atoms with van der Waals surface area (Å²) in [5.41, 5.74) is 1.00. The summed E-state index contributed by atoms with van der Waals surface area (Å²) in [6, 6.07) is 0. The normalized spacial score (nSPS) is 11.6. The van der Waals surface area contributed by atoms with Gasteiger partial charge in [0.1, 0.15) is 0 Å². The monoisotopic (exact) mass is 225 g/mol. The second kappa shape index (κ2) is 10.7. The van der Waals surface area contributed by atoms with Gasteiger partial charge in [0.15, 0.2) is 5.78 Å². The number of unbranched alkanes of at least 4 members (excludes halogenated alkanes) is 5. The molecule has 0 aliphatic heterocycles. The Hall–Kier alpha value is -0.790. The largest absolute Gasteiger partial charge is 0.388 e. The molecule has 2 nitrogen and oxygen atoms in total. The van der Waals surface area contributed by atoms with E-state index >= 15 is 0 Å². The van der Waals surface area contributed by atoms with Crippen molar-refractivity contribution in [3.8, 4) is 0 Å². The second-order valence-corrected chi connectivity index (χ2v) is 4.34. The lowest BCUT2D eigenvalue weighted by molar-refractivity contribution is -0.114. The molecule has 16 heavy (non-hydrogen) atoms. The number of carbonyl (C=O) groups is 1. The quantitative estimate of drug-likeness (QED) is 0.452. The van der Waals surface area contributed by atoms with Gasteiger partial charge in [-0.25, -0.2) is 0 Å². The lowest BCUT2D eigenvalue weighted by Crippen LogP contribution is -2.13. The lowest BCUT2D eigenvalue weighted by Gasteiger charge is -2.05. The Morgan fingerprint density at radius 3 is 2.31 bits per heavy atom. The molecule has 0 fully saturated rings. The van der Waals surface area contributed by atoms with E-state index in [0.29, 0.717) is 6.42 Å². The highest BCUT2D eigenvalue weighted by Crippen LogP contribution is 2.04. The standard InChI is InChI=1S/C14H27NO/c1-4-6-7-8-9-10-11-15-13(3)12-14(16)5-2/h12,15H,4-11H2,1-3H3. The third-order valence-corrected chi connectivity index (χ3v) is 2.66. The number of hydrogen-bond donors (Lipinski definition) is 1. The smallest absolute Gasteiger partial charge is 0.157 e. The molecule has 0 unspecified atom stereocenters. The van der Waals surface area contributed by atoms with Gasteiger partial charge < -0.3 is 5.32 Å². The average molecular weight is 225 g/mol. The van der Waals surface area contributed by atoms with E-state index in [4.69, 9.17) is 0 Å². The van der Waals surface area contributed by atoms with Gasteiger partial charge in [0.25, 0.3) is 0 Å². The zero-order valence-corrected chi connectivity index (χ0v) is 11.1. The molecule has 0 bridgehead atoms. The molecular formula is C14H27NO. The fraction of sp³-hybridized carbons (Fsp3) is 0.786. The molecular weight excluding hydrogens is 198 g/mol.